The molecule has 2 rings (SSSR count). The third-order valence-corrected chi connectivity index (χ3v) is 3.60. The lowest BCUT2D eigenvalue weighted by atomic mass is 10.3. The molecular weight excluding hydrogens is 250 g/mol. The molecule has 2 aromatic rings. The average Bonchev–Trinajstić information content (AvgIpc) is 2.62. The number of thiazole rings is 1. The minimum absolute atomic E-state index is 0.480. The molecule has 0 amide bonds. The molecule has 0 saturated carbocycles. The lowest BCUT2D eigenvalue weighted by molar-refractivity contribution is 0.838. The van der Waals surface area contributed by atoms with E-state index in [4.69, 9.17) is 12.2 Å². The number of benzene rings is 1. The van der Waals surface area contributed by atoms with Crippen molar-refractivity contribution in [1.29, 1.82) is 0 Å². The Morgan fingerprint density at radius 1 is 1.35 bits per heavy atom. The summed E-state index contributed by atoms with van der Waals surface area (Å²) in [5.74, 6) is 0. The maximum Gasteiger partial charge on any atom is 0.199 e. The first kappa shape index (κ1) is 12.0. The Labute approximate surface area is 109 Å². The molecule has 1 aromatic carbocycles. The summed E-state index contributed by atoms with van der Waals surface area (Å²) in [4.78, 5) is 5.28. The number of aromatic nitrogens is 1. The Morgan fingerprint density at radius 3 is 2.65 bits per heavy atom. The van der Waals surface area contributed by atoms with Crippen molar-refractivity contribution in [3.05, 3.63) is 46.2 Å². The van der Waals surface area contributed by atoms with Gasteiger partial charge in [-0.3, -0.25) is 0 Å². The predicted molar refractivity (Wildman–Crippen MR) is 76.3 cm³/mol. The number of rotatable bonds is 1. The van der Waals surface area contributed by atoms with Gasteiger partial charge in [-0.25, -0.2) is 0 Å². The van der Waals surface area contributed by atoms with Crippen molar-refractivity contribution in [2.45, 2.75) is 6.92 Å². The molecule has 88 valence electrons. The van der Waals surface area contributed by atoms with Crippen LogP contribution >= 0.6 is 23.6 Å². The average molecular weight is 263 g/mol. The lowest BCUT2D eigenvalue weighted by Gasteiger charge is -2.02. The highest BCUT2D eigenvalue weighted by Crippen LogP contribution is 2.05. The number of nitrogens with one attached hydrogen (secondary N) is 1. The number of thiocarbonyl (C=S) groups is 1. The normalized spacial score (nSPS) is 11.5. The van der Waals surface area contributed by atoms with E-state index in [9.17, 15) is 0 Å². The van der Waals surface area contributed by atoms with Gasteiger partial charge in [-0.15, -0.1) is 11.3 Å². The van der Waals surface area contributed by atoms with Crippen LogP contribution in [-0.4, -0.2) is 9.68 Å². The van der Waals surface area contributed by atoms with Crippen LogP contribution < -0.4 is 10.1 Å². The van der Waals surface area contributed by atoms with Crippen LogP contribution in [-0.2, 0) is 7.05 Å². The van der Waals surface area contributed by atoms with Gasteiger partial charge in [-0.1, -0.05) is 18.2 Å². The molecule has 0 spiro atoms. The zero-order valence-corrected chi connectivity index (χ0v) is 11.3. The Kier molecular flexibility index (Phi) is 3.71. The maximum absolute atomic E-state index is 5.20. The molecule has 17 heavy (non-hydrogen) atoms. The van der Waals surface area contributed by atoms with Crippen LogP contribution in [0.5, 0.6) is 0 Å². The van der Waals surface area contributed by atoms with Crippen LogP contribution in [0.3, 0.4) is 0 Å². The number of hydrogen-bond donors (Lipinski definition) is 1. The number of anilines is 1. The van der Waals surface area contributed by atoms with Gasteiger partial charge in [0.25, 0.3) is 0 Å². The minimum Gasteiger partial charge on any atom is -0.331 e. The van der Waals surface area contributed by atoms with Gasteiger partial charge in [0, 0.05) is 23.8 Å². The summed E-state index contributed by atoms with van der Waals surface area (Å²) in [7, 11) is 1.98. The van der Waals surface area contributed by atoms with E-state index < -0.39 is 0 Å². The fraction of sp³-hybridized carbons (Fsp3) is 0.167. The van der Waals surface area contributed by atoms with Crippen LogP contribution in [0, 0.1) is 6.92 Å². The van der Waals surface area contributed by atoms with Crippen molar-refractivity contribution in [2.24, 2.45) is 12.0 Å². The standard InChI is InChI=1S/C12H13N3S2/c1-9-8-17-12(15(9)2)14-11(16)13-10-6-4-3-5-7-10/h3-8H,1-2H3,(H,13,16)/b14-12-. The van der Waals surface area contributed by atoms with E-state index in [1.54, 1.807) is 11.3 Å². The summed E-state index contributed by atoms with van der Waals surface area (Å²) in [6, 6.07) is 9.80. The van der Waals surface area contributed by atoms with E-state index in [0.29, 0.717) is 5.11 Å². The van der Waals surface area contributed by atoms with Crippen molar-refractivity contribution in [1.82, 2.24) is 4.57 Å². The van der Waals surface area contributed by atoms with E-state index in [1.165, 1.54) is 5.69 Å². The second-order valence-corrected chi connectivity index (χ2v) is 4.85. The highest BCUT2D eigenvalue weighted by atomic mass is 32.1. The van der Waals surface area contributed by atoms with Gasteiger partial charge in [0.1, 0.15) is 0 Å². The van der Waals surface area contributed by atoms with Gasteiger partial charge in [0.05, 0.1) is 0 Å². The zero-order chi connectivity index (χ0) is 12.3. The number of hydrogen-bond acceptors (Lipinski definition) is 2. The van der Waals surface area contributed by atoms with Crippen molar-refractivity contribution < 1.29 is 0 Å². The molecule has 3 nitrogen and oxygen atoms in total. The SMILES string of the molecule is Cc1cs/c(=N\C(=S)Nc2ccccc2)n1C. The molecule has 0 atom stereocenters. The van der Waals surface area contributed by atoms with Crippen molar-refractivity contribution in [3.8, 4) is 0 Å². The molecule has 0 radical (unpaired) electrons. The molecule has 0 unspecified atom stereocenters. The van der Waals surface area contributed by atoms with Crippen LogP contribution in [0.2, 0.25) is 0 Å². The summed E-state index contributed by atoms with van der Waals surface area (Å²) in [5.41, 5.74) is 2.13. The minimum atomic E-state index is 0.480. The highest BCUT2D eigenvalue weighted by Gasteiger charge is 1.98. The van der Waals surface area contributed by atoms with E-state index in [1.807, 2.05) is 48.9 Å². The fourth-order valence-corrected chi connectivity index (χ4v) is 2.45. The summed E-state index contributed by atoms with van der Waals surface area (Å²) in [6.07, 6.45) is 0. The third-order valence-electron chi connectivity index (χ3n) is 2.37. The zero-order valence-electron chi connectivity index (χ0n) is 9.68. The first-order valence-electron chi connectivity index (χ1n) is 5.18. The van der Waals surface area contributed by atoms with Crippen LogP contribution in [0.15, 0.2) is 40.7 Å². The number of nitrogens with zero attached hydrogens (tertiary/aromatic N) is 2. The summed E-state index contributed by atoms with van der Waals surface area (Å²) in [6.45, 7) is 2.04. The van der Waals surface area contributed by atoms with Gasteiger partial charge in [-0.2, -0.15) is 4.99 Å². The molecule has 1 aromatic heterocycles. The molecule has 0 aliphatic rings. The van der Waals surface area contributed by atoms with Crippen LogP contribution in [0.4, 0.5) is 5.69 Å². The predicted octanol–water partition coefficient (Wildman–Crippen LogP) is 2.69. The fourth-order valence-electron chi connectivity index (χ4n) is 1.31. The van der Waals surface area contributed by atoms with Gasteiger partial charge in [0.2, 0.25) is 0 Å². The van der Waals surface area contributed by atoms with Crippen molar-refractivity contribution >= 4 is 34.4 Å². The van der Waals surface area contributed by atoms with E-state index in [-0.39, 0.29) is 0 Å². The first-order chi connectivity index (χ1) is 8.16. The van der Waals surface area contributed by atoms with Crippen LogP contribution in [0.25, 0.3) is 0 Å². The monoisotopic (exact) mass is 263 g/mol. The summed E-state index contributed by atoms with van der Waals surface area (Å²) in [5, 5.41) is 5.62. The van der Waals surface area contributed by atoms with Gasteiger partial charge in [-0.05, 0) is 31.3 Å². The molecule has 1 N–H and O–H groups in total. The maximum atomic E-state index is 5.20. The van der Waals surface area contributed by atoms with Crippen molar-refractivity contribution in [3.63, 3.8) is 0 Å². The van der Waals surface area contributed by atoms with Gasteiger partial charge >= 0.3 is 0 Å². The lowest BCUT2D eigenvalue weighted by Crippen LogP contribution is -2.17. The molecule has 0 saturated heterocycles. The van der Waals surface area contributed by atoms with Crippen molar-refractivity contribution in [2.75, 3.05) is 5.32 Å². The molecule has 0 bridgehead atoms. The molecule has 5 heteroatoms. The third kappa shape index (κ3) is 3.01. The van der Waals surface area contributed by atoms with E-state index in [0.717, 1.165) is 10.5 Å². The largest absolute Gasteiger partial charge is 0.331 e. The Bertz CT molecular complexity index is 581. The molecule has 0 fully saturated rings. The van der Waals surface area contributed by atoms with Gasteiger partial charge in [0.15, 0.2) is 9.91 Å². The van der Waals surface area contributed by atoms with E-state index >= 15 is 0 Å². The summed E-state index contributed by atoms with van der Waals surface area (Å²) < 4.78 is 2.02. The first-order valence-corrected chi connectivity index (χ1v) is 6.47. The molecular formula is C12H13N3S2. The topological polar surface area (TPSA) is 29.3 Å². The molecule has 0 aliphatic carbocycles. The second-order valence-electron chi connectivity index (χ2n) is 3.63. The quantitative estimate of drug-likeness (QED) is 0.802. The Balaban J connectivity index is 2.18. The van der Waals surface area contributed by atoms with Crippen LogP contribution in [0.1, 0.15) is 5.69 Å². The highest BCUT2D eigenvalue weighted by molar-refractivity contribution is 7.80. The number of aryl methyl sites for hydroxylation is 1. The van der Waals surface area contributed by atoms with E-state index in [2.05, 4.69) is 15.7 Å². The van der Waals surface area contributed by atoms with Gasteiger partial charge < -0.3 is 9.88 Å². The Morgan fingerprint density at radius 2 is 2.06 bits per heavy atom. The Hall–Kier alpha value is -1.46. The molecule has 1 heterocycles. The number of para-hydroxylation sites is 1. The molecule has 0 aliphatic heterocycles. The summed E-state index contributed by atoms with van der Waals surface area (Å²) >= 11 is 6.79. The smallest absolute Gasteiger partial charge is 0.199 e. The second kappa shape index (κ2) is 5.25.